The number of hydrogen-bond donors (Lipinski definition) is 1. The number of rotatable bonds is 7. The van der Waals surface area contributed by atoms with Gasteiger partial charge in [0.15, 0.2) is 0 Å². The standard InChI is InChI=1S/C15H28N2O2/c1-2-3-9-17(12-13-6-4-8-16-13)15(18)11-14-7-5-10-19-14/h13-14,16H,2-12H2,1H3. The number of carbonyl (C=O) groups is 1. The highest BCUT2D eigenvalue weighted by Gasteiger charge is 2.25. The van der Waals surface area contributed by atoms with E-state index in [1.54, 1.807) is 0 Å². The summed E-state index contributed by atoms with van der Waals surface area (Å²) < 4.78 is 5.59. The molecule has 4 heteroatoms. The largest absolute Gasteiger partial charge is 0.378 e. The van der Waals surface area contributed by atoms with Crippen LogP contribution in [0.2, 0.25) is 0 Å². The minimum Gasteiger partial charge on any atom is -0.378 e. The van der Waals surface area contributed by atoms with Crippen LogP contribution >= 0.6 is 0 Å². The fraction of sp³-hybridized carbons (Fsp3) is 0.933. The molecular formula is C15H28N2O2. The second-order valence-corrected chi connectivity index (χ2v) is 5.83. The Morgan fingerprint density at radius 2 is 2.26 bits per heavy atom. The van der Waals surface area contributed by atoms with Crippen molar-refractivity contribution < 1.29 is 9.53 Å². The maximum atomic E-state index is 12.4. The van der Waals surface area contributed by atoms with Crippen LogP contribution in [0, 0.1) is 0 Å². The molecule has 1 amide bonds. The molecule has 2 heterocycles. The molecule has 19 heavy (non-hydrogen) atoms. The van der Waals surface area contributed by atoms with Crippen molar-refractivity contribution >= 4 is 5.91 Å². The van der Waals surface area contributed by atoms with E-state index in [0.29, 0.717) is 12.5 Å². The maximum absolute atomic E-state index is 12.4. The van der Waals surface area contributed by atoms with Crippen LogP contribution in [-0.2, 0) is 9.53 Å². The molecule has 110 valence electrons. The lowest BCUT2D eigenvalue weighted by Gasteiger charge is -2.27. The van der Waals surface area contributed by atoms with Crippen molar-refractivity contribution in [2.45, 2.75) is 64.0 Å². The molecular weight excluding hydrogens is 240 g/mol. The Kier molecular flexibility index (Phi) is 6.11. The molecule has 2 saturated heterocycles. The van der Waals surface area contributed by atoms with Crippen LogP contribution in [0.3, 0.4) is 0 Å². The SMILES string of the molecule is CCCCN(CC1CCCN1)C(=O)CC1CCCO1. The summed E-state index contributed by atoms with van der Waals surface area (Å²) in [4.78, 5) is 14.5. The van der Waals surface area contributed by atoms with Crippen LogP contribution in [-0.4, -0.2) is 49.2 Å². The van der Waals surface area contributed by atoms with E-state index in [1.165, 1.54) is 12.8 Å². The van der Waals surface area contributed by atoms with Gasteiger partial charge < -0.3 is 15.0 Å². The van der Waals surface area contributed by atoms with E-state index >= 15 is 0 Å². The molecule has 1 N–H and O–H groups in total. The Bertz CT molecular complexity index is 271. The van der Waals surface area contributed by atoms with Gasteiger partial charge in [0.2, 0.25) is 5.91 Å². The highest BCUT2D eigenvalue weighted by molar-refractivity contribution is 5.76. The summed E-state index contributed by atoms with van der Waals surface area (Å²) in [5, 5.41) is 3.49. The predicted octanol–water partition coefficient (Wildman–Crippen LogP) is 1.94. The average molecular weight is 268 g/mol. The topological polar surface area (TPSA) is 41.6 Å². The number of carbonyl (C=O) groups excluding carboxylic acids is 1. The lowest BCUT2D eigenvalue weighted by molar-refractivity contribution is -0.133. The summed E-state index contributed by atoms with van der Waals surface area (Å²) in [6.45, 7) is 5.89. The number of hydrogen-bond acceptors (Lipinski definition) is 3. The Morgan fingerprint density at radius 3 is 2.89 bits per heavy atom. The van der Waals surface area contributed by atoms with Gasteiger partial charge in [0.05, 0.1) is 12.5 Å². The number of unbranched alkanes of at least 4 members (excludes halogenated alkanes) is 1. The molecule has 0 spiro atoms. The molecule has 2 aliphatic rings. The summed E-state index contributed by atoms with van der Waals surface area (Å²) in [7, 11) is 0. The van der Waals surface area contributed by atoms with Crippen molar-refractivity contribution in [3.05, 3.63) is 0 Å². The van der Waals surface area contributed by atoms with Crippen molar-refractivity contribution in [1.82, 2.24) is 10.2 Å². The van der Waals surface area contributed by atoms with Gasteiger partial charge in [-0.1, -0.05) is 13.3 Å². The van der Waals surface area contributed by atoms with Gasteiger partial charge in [0.1, 0.15) is 0 Å². The zero-order valence-corrected chi connectivity index (χ0v) is 12.2. The van der Waals surface area contributed by atoms with E-state index < -0.39 is 0 Å². The van der Waals surface area contributed by atoms with Gasteiger partial charge in [-0.3, -0.25) is 4.79 Å². The fourth-order valence-electron chi connectivity index (χ4n) is 2.97. The molecule has 2 fully saturated rings. The second-order valence-electron chi connectivity index (χ2n) is 5.83. The van der Waals surface area contributed by atoms with E-state index in [2.05, 4.69) is 17.1 Å². The highest BCUT2D eigenvalue weighted by atomic mass is 16.5. The molecule has 4 nitrogen and oxygen atoms in total. The van der Waals surface area contributed by atoms with Gasteiger partial charge >= 0.3 is 0 Å². The van der Waals surface area contributed by atoms with E-state index in [1.807, 2.05) is 0 Å². The minimum atomic E-state index is 0.174. The first-order chi connectivity index (χ1) is 9.29. The van der Waals surface area contributed by atoms with Crippen LogP contribution in [0.5, 0.6) is 0 Å². The molecule has 2 aliphatic heterocycles. The first kappa shape index (κ1) is 14.8. The van der Waals surface area contributed by atoms with E-state index in [9.17, 15) is 4.79 Å². The Labute approximate surface area is 116 Å². The average Bonchev–Trinajstić information content (AvgIpc) is 3.07. The summed E-state index contributed by atoms with van der Waals surface area (Å²) in [6.07, 6.45) is 7.60. The number of ether oxygens (including phenoxy) is 1. The molecule has 2 rings (SSSR count). The molecule has 0 aromatic rings. The zero-order valence-electron chi connectivity index (χ0n) is 12.2. The third kappa shape index (κ3) is 4.77. The zero-order chi connectivity index (χ0) is 13.5. The Balaban J connectivity index is 1.81. The number of nitrogens with one attached hydrogen (secondary N) is 1. The third-order valence-electron chi connectivity index (χ3n) is 4.16. The lowest BCUT2D eigenvalue weighted by Crippen LogP contribution is -2.42. The maximum Gasteiger partial charge on any atom is 0.225 e. The Morgan fingerprint density at radius 1 is 1.37 bits per heavy atom. The molecule has 0 bridgehead atoms. The van der Waals surface area contributed by atoms with Gasteiger partial charge in [-0.2, -0.15) is 0 Å². The molecule has 0 radical (unpaired) electrons. The monoisotopic (exact) mass is 268 g/mol. The van der Waals surface area contributed by atoms with Crippen LogP contribution < -0.4 is 5.32 Å². The summed E-state index contributed by atoms with van der Waals surface area (Å²) in [5.41, 5.74) is 0. The van der Waals surface area contributed by atoms with Crippen molar-refractivity contribution in [1.29, 1.82) is 0 Å². The van der Waals surface area contributed by atoms with Crippen molar-refractivity contribution in [2.24, 2.45) is 0 Å². The van der Waals surface area contributed by atoms with Crippen molar-refractivity contribution in [3.63, 3.8) is 0 Å². The number of amides is 1. The Hall–Kier alpha value is -0.610. The first-order valence-electron chi connectivity index (χ1n) is 7.92. The fourth-order valence-corrected chi connectivity index (χ4v) is 2.97. The summed E-state index contributed by atoms with van der Waals surface area (Å²) >= 11 is 0. The lowest BCUT2D eigenvalue weighted by atomic mass is 10.1. The molecule has 0 saturated carbocycles. The smallest absolute Gasteiger partial charge is 0.225 e. The first-order valence-corrected chi connectivity index (χ1v) is 7.92. The van der Waals surface area contributed by atoms with Crippen molar-refractivity contribution in [3.8, 4) is 0 Å². The van der Waals surface area contributed by atoms with E-state index in [4.69, 9.17) is 4.74 Å². The number of nitrogens with zero attached hydrogens (tertiary/aromatic N) is 1. The third-order valence-corrected chi connectivity index (χ3v) is 4.16. The van der Waals surface area contributed by atoms with Crippen molar-refractivity contribution in [2.75, 3.05) is 26.2 Å². The van der Waals surface area contributed by atoms with Crippen LogP contribution in [0.1, 0.15) is 51.9 Å². The molecule has 0 aliphatic carbocycles. The van der Waals surface area contributed by atoms with Gasteiger partial charge in [0, 0.05) is 25.7 Å². The quantitative estimate of drug-likeness (QED) is 0.767. The highest BCUT2D eigenvalue weighted by Crippen LogP contribution is 2.17. The second kappa shape index (κ2) is 7.85. The van der Waals surface area contributed by atoms with Gasteiger partial charge in [-0.25, -0.2) is 0 Å². The molecule has 0 aromatic carbocycles. The molecule has 2 unspecified atom stereocenters. The summed E-state index contributed by atoms with van der Waals surface area (Å²) in [5.74, 6) is 0.286. The minimum absolute atomic E-state index is 0.174. The molecule has 0 aromatic heterocycles. The predicted molar refractivity (Wildman–Crippen MR) is 76.1 cm³/mol. The normalized spacial score (nSPS) is 26.8. The van der Waals surface area contributed by atoms with Crippen LogP contribution in [0.15, 0.2) is 0 Å². The van der Waals surface area contributed by atoms with Crippen LogP contribution in [0.4, 0.5) is 0 Å². The van der Waals surface area contributed by atoms with Gasteiger partial charge in [0.25, 0.3) is 0 Å². The van der Waals surface area contributed by atoms with Crippen LogP contribution in [0.25, 0.3) is 0 Å². The molecule has 2 atom stereocenters. The van der Waals surface area contributed by atoms with Gasteiger partial charge in [-0.15, -0.1) is 0 Å². The summed E-state index contributed by atoms with van der Waals surface area (Å²) in [6, 6.07) is 0.505. The van der Waals surface area contributed by atoms with E-state index in [0.717, 1.165) is 51.9 Å². The van der Waals surface area contributed by atoms with Gasteiger partial charge in [-0.05, 0) is 38.6 Å². The van der Waals surface area contributed by atoms with E-state index in [-0.39, 0.29) is 12.0 Å².